The molecule has 6 nitrogen and oxygen atoms in total. The number of ether oxygens (including phenoxy) is 1. The van der Waals surface area contributed by atoms with Crippen molar-refractivity contribution in [1.82, 2.24) is 10.2 Å². The Kier molecular flexibility index (Phi) is 7.19. The predicted octanol–water partition coefficient (Wildman–Crippen LogP) is 6.10. The maximum Gasteiger partial charge on any atom is 0.248 e. The van der Waals surface area contributed by atoms with Crippen LogP contribution in [0.4, 0.5) is 5.69 Å². The van der Waals surface area contributed by atoms with Crippen LogP contribution in [0.1, 0.15) is 43.2 Å². The smallest absolute Gasteiger partial charge is 0.248 e. The number of aromatic nitrogens is 2. The second-order valence-corrected chi connectivity index (χ2v) is 8.87. The highest BCUT2D eigenvalue weighted by Gasteiger charge is 2.19. The van der Waals surface area contributed by atoms with Crippen LogP contribution in [0.5, 0.6) is 5.75 Å². The first-order valence-electron chi connectivity index (χ1n) is 10.9. The van der Waals surface area contributed by atoms with Gasteiger partial charge < -0.3 is 14.1 Å². The van der Waals surface area contributed by atoms with Crippen molar-refractivity contribution >= 4 is 22.9 Å². The summed E-state index contributed by atoms with van der Waals surface area (Å²) in [5.74, 6) is 2.14. The minimum Gasteiger partial charge on any atom is -0.497 e. The number of rotatable bonds is 9. The Balaban J connectivity index is 1.49. The highest BCUT2D eigenvalue weighted by atomic mass is 32.1. The molecule has 0 atom stereocenters. The van der Waals surface area contributed by atoms with E-state index in [-0.39, 0.29) is 12.3 Å². The van der Waals surface area contributed by atoms with Crippen LogP contribution >= 0.6 is 11.3 Å². The van der Waals surface area contributed by atoms with Gasteiger partial charge in [0.15, 0.2) is 0 Å². The second-order valence-electron chi connectivity index (χ2n) is 8.09. The number of thiophene rings is 1. The van der Waals surface area contributed by atoms with Gasteiger partial charge in [-0.05, 0) is 52.8 Å². The summed E-state index contributed by atoms with van der Waals surface area (Å²) < 4.78 is 11.0. The Morgan fingerprint density at radius 3 is 2.45 bits per heavy atom. The lowest BCUT2D eigenvalue weighted by Gasteiger charge is -2.23. The summed E-state index contributed by atoms with van der Waals surface area (Å²) in [4.78, 5) is 15.1. The summed E-state index contributed by atoms with van der Waals surface area (Å²) in [6.07, 6.45) is 0.649. The third kappa shape index (κ3) is 5.68. The van der Waals surface area contributed by atoms with E-state index in [1.807, 2.05) is 41.1 Å². The fourth-order valence-electron chi connectivity index (χ4n) is 3.48. The number of methoxy groups -OCH3 is 1. The van der Waals surface area contributed by atoms with Gasteiger partial charge in [0.1, 0.15) is 5.75 Å². The quantitative estimate of drug-likeness (QED) is 0.301. The van der Waals surface area contributed by atoms with Crippen molar-refractivity contribution in [2.24, 2.45) is 0 Å². The van der Waals surface area contributed by atoms with Crippen molar-refractivity contribution in [1.29, 1.82) is 0 Å². The number of aryl methyl sites for hydroxylation is 1. The minimum absolute atomic E-state index is 0.0108. The molecular weight excluding hydrogens is 434 g/mol. The lowest BCUT2D eigenvalue weighted by molar-refractivity contribution is -0.118. The molecule has 0 radical (unpaired) electrons. The van der Waals surface area contributed by atoms with Gasteiger partial charge in [0.2, 0.25) is 17.7 Å². The molecule has 2 heterocycles. The Morgan fingerprint density at radius 1 is 1.06 bits per heavy atom. The molecule has 2 aromatic carbocycles. The van der Waals surface area contributed by atoms with Crippen LogP contribution in [0.15, 0.2) is 69.8 Å². The molecule has 0 unspecified atom stereocenters. The second kappa shape index (κ2) is 10.4. The fourth-order valence-corrected chi connectivity index (χ4v) is 4.11. The van der Waals surface area contributed by atoms with E-state index in [1.165, 1.54) is 5.56 Å². The first-order valence-corrected chi connectivity index (χ1v) is 11.9. The molecule has 0 fully saturated rings. The molecule has 33 heavy (non-hydrogen) atoms. The number of amides is 1. The third-order valence-corrected chi connectivity index (χ3v) is 6.14. The van der Waals surface area contributed by atoms with Crippen molar-refractivity contribution < 1.29 is 13.9 Å². The van der Waals surface area contributed by atoms with Crippen molar-refractivity contribution in [3.05, 3.63) is 82.4 Å². The van der Waals surface area contributed by atoms with E-state index in [9.17, 15) is 4.79 Å². The van der Waals surface area contributed by atoms with Crippen molar-refractivity contribution in [2.45, 2.75) is 39.2 Å². The van der Waals surface area contributed by atoms with Crippen LogP contribution in [0.3, 0.4) is 0 Å². The van der Waals surface area contributed by atoms with Crippen molar-refractivity contribution in [3.8, 4) is 17.2 Å². The first-order chi connectivity index (χ1) is 16.0. The molecule has 0 saturated carbocycles. The van der Waals surface area contributed by atoms with E-state index in [1.54, 1.807) is 23.3 Å². The van der Waals surface area contributed by atoms with Gasteiger partial charge in [0.05, 0.1) is 13.7 Å². The maximum atomic E-state index is 13.3. The number of benzene rings is 2. The van der Waals surface area contributed by atoms with Crippen LogP contribution < -0.4 is 9.64 Å². The van der Waals surface area contributed by atoms with E-state index in [0.717, 1.165) is 22.6 Å². The molecule has 1 amide bonds. The van der Waals surface area contributed by atoms with E-state index in [2.05, 4.69) is 48.3 Å². The van der Waals surface area contributed by atoms with Crippen molar-refractivity contribution in [2.75, 3.05) is 12.0 Å². The zero-order chi connectivity index (χ0) is 23.2. The van der Waals surface area contributed by atoms with E-state index >= 15 is 0 Å². The highest BCUT2D eigenvalue weighted by Crippen LogP contribution is 2.24. The summed E-state index contributed by atoms with van der Waals surface area (Å²) in [5, 5.41) is 12.1. The number of anilines is 1. The lowest BCUT2D eigenvalue weighted by Crippen LogP contribution is -2.30. The average molecular weight is 462 g/mol. The largest absolute Gasteiger partial charge is 0.497 e. The number of hydrogen-bond donors (Lipinski definition) is 0. The standard InChI is InChI=1S/C26H27N3O3S/c1-18(2)20-6-4-19(5-7-20)16-29(22-8-10-23(31-3)11-9-22)25(30)13-12-24-27-28-26(32-24)21-14-15-33-17-21/h4-11,14-15,17-18H,12-13,16H2,1-3H3. The Hall–Kier alpha value is -3.45. The van der Waals surface area contributed by atoms with Gasteiger partial charge in [0.25, 0.3) is 0 Å². The van der Waals surface area contributed by atoms with Gasteiger partial charge in [-0.15, -0.1) is 10.2 Å². The molecule has 0 aliphatic heterocycles. The van der Waals surface area contributed by atoms with E-state index < -0.39 is 0 Å². The molecule has 0 bridgehead atoms. The lowest BCUT2D eigenvalue weighted by atomic mass is 10.0. The van der Waals surface area contributed by atoms with Crippen LogP contribution in [-0.4, -0.2) is 23.2 Å². The highest BCUT2D eigenvalue weighted by molar-refractivity contribution is 7.08. The summed E-state index contributed by atoms with van der Waals surface area (Å²) in [6, 6.07) is 17.9. The van der Waals surface area contributed by atoms with Gasteiger partial charge in [-0.3, -0.25) is 4.79 Å². The molecular formula is C26H27N3O3S. The van der Waals surface area contributed by atoms with Crippen LogP contribution in [0.25, 0.3) is 11.5 Å². The fraction of sp³-hybridized carbons (Fsp3) is 0.269. The normalized spacial score (nSPS) is 11.0. The molecule has 0 N–H and O–H groups in total. The van der Waals surface area contributed by atoms with Gasteiger partial charge >= 0.3 is 0 Å². The number of carbonyl (C=O) groups is 1. The molecule has 0 saturated heterocycles. The monoisotopic (exact) mass is 461 g/mol. The molecule has 0 aliphatic carbocycles. The number of hydrogen-bond acceptors (Lipinski definition) is 6. The number of nitrogens with zero attached hydrogens (tertiary/aromatic N) is 3. The Labute approximate surface area is 197 Å². The summed E-state index contributed by atoms with van der Waals surface area (Å²) >= 11 is 1.57. The molecule has 0 aliphatic rings. The van der Waals surface area contributed by atoms with Crippen molar-refractivity contribution in [3.63, 3.8) is 0 Å². The zero-order valence-electron chi connectivity index (χ0n) is 19.0. The van der Waals surface area contributed by atoms with Crippen LogP contribution in [0, 0.1) is 0 Å². The molecule has 7 heteroatoms. The molecule has 0 spiro atoms. The van der Waals surface area contributed by atoms with Crippen LogP contribution in [0.2, 0.25) is 0 Å². The molecule has 4 rings (SSSR count). The summed E-state index contributed by atoms with van der Waals surface area (Å²) in [7, 11) is 1.63. The first kappa shape index (κ1) is 22.7. The summed E-state index contributed by atoms with van der Waals surface area (Å²) in [5.41, 5.74) is 4.06. The third-order valence-electron chi connectivity index (χ3n) is 5.46. The van der Waals surface area contributed by atoms with Crippen LogP contribution in [-0.2, 0) is 17.8 Å². The minimum atomic E-state index is -0.0108. The van der Waals surface area contributed by atoms with Gasteiger partial charge in [-0.1, -0.05) is 38.1 Å². The SMILES string of the molecule is COc1ccc(N(Cc2ccc(C(C)C)cc2)C(=O)CCc2nnc(-c3ccsc3)o2)cc1. The zero-order valence-corrected chi connectivity index (χ0v) is 19.8. The molecule has 2 aromatic heterocycles. The number of carbonyl (C=O) groups excluding carboxylic acids is 1. The van der Waals surface area contributed by atoms with Gasteiger partial charge in [0, 0.05) is 29.5 Å². The maximum absolute atomic E-state index is 13.3. The van der Waals surface area contributed by atoms with Gasteiger partial charge in [-0.25, -0.2) is 0 Å². The molecule has 170 valence electrons. The Bertz CT molecular complexity index is 1170. The van der Waals surface area contributed by atoms with Gasteiger partial charge in [-0.2, -0.15) is 11.3 Å². The predicted molar refractivity (Wildman–Crippen MR) is 131 cm³/mol. The topological polar surface area (TPSA) is 68.5 Å². The molecule has 4 aromatic rings. The summed E-state index contributed by atoms with van der Waals surface area (Å²) in [6.45, 7) is 4.82. The average Bonchev–Trinajstić information content (AvgIpc) is 3.53. The van der Waals surface area contributed by atoms with E-state index in [0.29, 0.717) is 30.7 Å². The van der Waals surface area contributed by atoms with E-state index in [4.69, 9.17) is 9.15 Å². The Morgan fingerprint density at radius 2 is 1.82 bits per heavy atom.